The van der Waals surface area contributed by atoms with E-state index in [4.69, 9.17) is 9.47 Å². The molecule has 186 valence electrons. The van der Waals surface area contributed by atoms with Crippen LogP contribution in [0.15, 0.2) is 46.2 Å². The van der Waals surface area contributed by atoms with Crippen molar-refractivity contribution in [1.82, 2.24) is 0 Å². The van der Waals surface area contributed by atoms with Crippen LogP contribution in [0.1, 0.15) is 59.4 Å². The van der Waals surface area contributed by atoms with Crippen molar-refractivity contribution in [2.45, 2.75) is 49.8 Å². The molecule has 0 atom stereocenters. The molecule has 0 aliphatic carbocycles. The van der Waals surface area contributed by atoms with E-state index in [-0.39, 0.29) is 43.2 Å². The van der Waals surface area contributed by atoms with Gasteiger partial charge in [-0.25, -0.2) is 9.59 Å². The van der Waals surface area contributed by atoms with Crippen molar-refractivity contribution in [2.75, 3.05) is 13.2 Å². The zero-order chi connectivity index (χ0) is 26.0. The second kappa shape index (κ2) is 13.6. The van der Waals surface area contributed by atoms with Crippen molar-refractivity contribution >= 4 is 50.8 Å². The summed E-state index contributed by atoms with van der Waals surface area (Å²) in [6.07, 6.45) is 0.586. The number of hydrogen-bond acceptors (Lipinski definition) is 10. The van der Waals surface area contributed by atoms with Gasteiger partial charge >= 0.3 is 11.9 Å². The topological polar surface area (TPSA) is 130 Å². The van der Waals surface area contributed by atoms with E-state index in [2.05, 4.69) is 0 Å². The maximum atomic E-state index is 12.4. The van der Waals surface area contributed by atoms with Crippen molar-refractivity contribution in [3.05, 3.63) is 63.2 Å². The maximum Gasteiger partial charge on any atom is 0.345 e. The molecule has 11 heteroatoms. The zero-order valence-corrected chi connectivity index (χ0v) is 21.2. The smallest absolute Gasteiger partial charge is 0.345 e. The van der Waals surface area contributed by atoms with Crippen LogP contribution in [-0.2, 0) is 19.1 Å². The van der Waals surface area contributed by atoms with Crippen molar-refractivity contribution in [3.8, 4) is 0 Å². The highest BCUT2D eigenvalue weighted by Gasteiger charge is 2.22. The molecular formula is C24H25NO8S2. The number of aryl methyl sites for hydroxylation is 1. The molecule has 0 fully saturated rings. The monoisotopic (exact) mass is 519 g/mol. The molecule has 0 aliphatic rings. The third-order valence-electron chi connectivity index (χ3n) is 4.74. The van der Waals surface area contributed by atoms with E-state index in [1.807, 2.05) is 6.07 Å². The number of hydrogen-bond donors (Lipinski definition) is 0. The Labute approximate surface area is 210 Å². The molecule has 0 amide bonds. The summed E-state index contributed by atoms with van der Waals surface area (Å²) >= 11 is 0. The first-order valence-electron chi connectivity index (χ1n) is 10.7. The van der Waals surface area contributed by atoms with E-state index < -0.39 is 22.5 Å². The van der Waals surface area contributed by atoms with Gasteiger partial charge < -0.3 is 9.47 Å². The lowest BCUT2D eigenvalue weighted by Crippen LogP contribution is -2.11. The van der Waals surface area contributed by atoms with Gasteiger partial charge in [0.05, 0.1) is 23.7 Å². The standard InChI is InChI=1S/C24H25NO8S2/c1-4-17(27)10-12-33-23(28)20-13-18(6-5-15(20)2)34-35-19-7-8-22(25(30)31)21(14-19)24(29)32-11-9-16(3)26/h5-8,13-14H,4,9-12H2,1-3H3. The highest BCUT2D eigenvalue weighted by Crippen LogP contribution is 2.39. The number of nitro groups is 1. The minimum absolute atomic E-state index is 0.0143. The fraction of sp³-hybridized carbons (Fsp3) is 0.333. The second-order valence-corrected chi connectivity index (χ2v) is 9.72. The molecule has 0 aromatic heterocycles. The van der Waals surface area contributed by atoms with Crippen LogP contribution in [-0.4, -0.2) is 41.6 Å². The van der Waals surface area contributed by atoms with Gasteiger partial charge in [-0.1, -0.05) is 34.6 Å². The van der Waals surface area contributed by atoms with E-state index in [0.29, 0.717) is 16.9 Å². The van der Waals surface area contributed by atoms with Crippen LogP contribution in [0.2, 0.25) is 0 Å². The predicted octanol–water partition coefficient (Wildman–Crippen LogP) is 5.36. The van der Waals surface area contributed by atoms with Gasteiger partial charge in [0.25, 0.3) is 5.69 Å². The first-order chi connectivity index (χ1) is 16.6. The molecule has 0 aliphatic heterocycles. The molecular weight excluding hydrogens is 494 g/mol. The Morgan fingerprint density at radius 2 is 1.43 bits per heavy atom. The second-order valence-electron chi connectivity index (χ2n) is 7.45. The fourth-order valence-electron chi connectivity index (χ4n) is 2.74. The minimum atomic E-state index is -0.882. The number of ether oxygens (including phenoxy) is 2. The molecule has 0 spiro atoms. The Bertz CT molecular complexity index is 1130. The minimum Gasteiger partial charge on any atom is -0.462 e. The lowest BCUT2D eigenvalue weighted by molar-refractivity contribution is -0.385. The maximum absolute atomic E-state index is 12.4. The molecule has 0 N–H and O–H groups in total. The third-order valence-corrected chi connectivity index (χ3v) is 7.12. The number of ketones is 2. The molecule has 9 nitrogen and oxygen atoms in total. The van der Waals surface area contributed by atoms with Gasteiger partial charge in [0.15, 0.2) is 0 Å². The highest BCUT2D eigenvalue weighted by atomic mass is 33.1. The van der Waals surface area contributed by atoms with E-state index in [0.717, 1.165) is 10.5 Å². The summed E-state index contributed by atoms with van der Waals surface area (Å²) in [7, 11) is 2.53. The number of Topliss-reactive ketones (excluding diaryl/α,β-unsaturated/α-hetero) is 2. The molecule has 0 heterocycles. The third kappa shape index (κ3) is 8.84. The van der Waals surface area contributed by atoms with Crippen LogP contribution in [0, 0.1) is 17.0 Å². The Morgan fingerprint density at radius 3 is 2.00 bits per heavy atom. The predicted molar refractivity (Wildman–Crippen MR) is 132 cm³/mol. The number of rotatable bonds is 13. The number of nitro benzene ring substituents is 1. The van der Waals surface area contributed by atoms with Gasteiger partial charge in [-0.15, -0.1) is 0 Å². The summed E-state index contributed by atoms with van der Waals surface area (Å²) in [4.78, 5) is 59.2. The van der Waals surface area contributed by atoms with Crippen molar-refractivity contribution in [1.29, 1.82) is 0 Å². The number of benzene rings is 2. The van der Waals surface area contributed by atoms with Gasteiger partial charge in [0.2, 0.25) is 0 Å². The quantitative estimate of drug-likeness (QED) is 0.147. The van der Waals surface area contributed by atoms with Crippen LogP contribution < -0.4 is 0 Å². The van der Waals surface area contributed by atoms with E-state index >= 15 is 0 Å². The van der Waals surface area contributed by atoms with Gasteiger partial charge in [0.1, 0.15) is 17.1 Å². The number of carbonyl (C=O) groups excluding carboxylic acids is 4. The highest BCUT2D eigenvalue weighted by molar-refractivity contribution is 8.76. The van der Waals surface area contributed by atoms with Gasteiger partial charge in [-0.05, 0) is 43.7 Å². The molecule has 2 aromatic rings. The van der Waals surface area contributed by atoms with Crippen LogP contribution in [0.3, 0.4) is 0 Å². The average molecular weight is 520 g/mol. The van der Waals surface area contributed by atoms with E-state index in [1.165, 1.54) is 46.7 Å². The Hall–Kier alpha value is -3.18. The lowest BCUT2D eigenvalue weighted by atomic mass is 10.1. The molecule has 35 heavy (non-hydrogen) atoms. The lowest BCUT2D eigenvalue weighted by Gasteiger charge is -2.09. The SMILES string of the molecule is CCC(=O)CCOC(=O)c1cc(SSc2ccc([N+](=O)[O-])c(C(=O)OCCC(C)=O)c2)ccc1C. The molecule has 0 unspecified atom stereocenters. The van der Waals surface area contributed by atoms with Crippen molar-refractivity contribution in [3.63, 3.8) is 0 Å². The Kier molecular flexibility index (Phi) is 10.9. The van der Waals surface area contributed by atoms with Crippen LogP contribution in [0.5, 0.6) is 0 Å². The summed E-state index contributed by atoms with van der Waals surface area (Å²) in [6.45, 7) is 4.74. The average Bonchev–Trinajstić information content (AvgIpc) is 2.82. The van der Waals surface area contributed by atoms with Crippen molar-refractivity contribution in [2.24, 2.45) is 0 Å². The van der Waals surface area contributed by atoms with Crippen LogP contribution in [0.4, 0.5) is 5.69 Å². The first kappa shape index (κ1) is 28.1. The molecule has 0 bridgehead atoms. The Balaban J connectivity index is 2.11. The van der Waals surface area contributed by atoms with E-state index in [1.54, 1.807) is 26.0 Å². The summed E-state index contributed by atoms with van der Waals surface area (Å²) < 4.78 is 10.2. The number of esters is 2. The van der Waals surface area contributed by atoms with Gasteiger partial charge in [-0.2, -0.15) is 0 Å². The van der Waals surface area contributed by atoms with E-state index in [9.17, 15) is 29.3 Å². The molecule has 0 saturated carbocycles. The van der Waals surface area contributed by atoms with Crippen LogP contribution in [0.25, 0.3) is 0 Å². The molecule has 0 saturated heterocycles. The largest absolute Gasteiger partial charge is 0.462 e. The van der Waals surface area contributed by atoms with Gasteiger partial charge in [0, 0.05) is 35.1 Å². The molecule has 2 rings (SSSR count). The first-order valence-corrected chi connectivity index (χ1v) is 12.9. The summed E-state index contributed by atoms with van der Waals surface area (Å²) in [5.74, 6) is -1.55. The number of carbonyl (C=O) groups is 4. The normalized spacial score (nSPS) is 10.5. The van der Waals surface area contributed by atoms with Crippen LogP contribution >= 0.6 is 21.6 Å². The summed E-state index contributed by atoms with van der Waals surface area (Å²) in [6, 6.07) is 9.34. The fourth-order valence-corrected chi connectivity index (χ4v) is 4.71. The molecule has 0 radical (unpaired) electrons. The number of nitrogens with zero attached hydrogens (tertiary/aromatic N) is 1. The zero-order valence-electron chi connectivity index (χ0n) is 19.5. The molecule has 2 aromatic carbocycles. The Morgan fingerprint density at radius 1 is 0.886 bits per heavy atom. The van der Waals surface area contributed by atoms with Crippen molar-refractivity contribution < 1.29 is 33.6 Å². The summed E-state index contributed by atoms with van der Waals surface area (Å²) in [5, 5.41) is 11.3. The van der Waals surface area contributed by atoms with Gasteiger partial charge in [-0.3, -0.25) is 19.7 Å². The summed E-state index contributed by atoms with van der Waals surface area (Å²) in [5.41, 5.74) is 0.489.